The summed E-state index contributed by atoms with van der Waals surface area (Å²) < 4.78 is 32.9. The molecule has 150 valence electrons. The molecule has 0 fully saturated rings. The highest BCUT2D eigenvalue weighted by Gasteiger charge is 2.21. The van der Waals surface area contributed by atoms with Crippen LogP contribution in [0, 0.1) is 10.1 Å². The summed E-state index contributed by atoms with van der Waals surface area (Å²) in [7, 11) is -4.23. The number of phenols is 1. The van der Waals surface area contributed by atoms with Crippen molar-refractivity contribution in [2.45, 2.75) is 4.90 Å². The van der Waals surface area contributed by atoms with Crippen LogP contribution < -0.4 is 9.46 Å². The van der Waals surface area contributed by atoms with Crippen molar-refractivity contribution in [2.24, 2.45) is 0 Å². The largest absolute Gasteiger partial charge is 0.504 e. The minimum absolute atomic E-state index is 0.00490. The topological polar surface area (TPSA) is 156 Å². The van der Waals surface area contributed by atoms with Gasteiger partial charge in [0.05, 0.1) is 15.5 Å². The number of benzene rings is 3. The van der Waals surface area contributed by atoms with Crippen molar-refractivity contribution in [1.82, 2.24) is 0 Å². The molecule has 0 spiro atoms. The lowest BCUT2D eigenvalue weighted by Crippen LogP contribution is -2.14. The molecule has 29 heavy (non-hydrogen) atoms. The van der Waals surface area contributed by atoms with E-state index in [0.29, 0.717) is 5.39 Å². The van der Waals surface area contributed by atoms with Gasteiger partial charge in [-0.2, -0.15) is 0 Å². The van der Waals surface area contributed by atoms with Gasteiger partial charge in [0.1, 0.15) is 0 Å². The summed E-state index contributed by atoms with van der Waals surface area (Å²) in [5.74, 6) is -1.86. The molecule has 0 atom stereocenters. The minimum Gasteiger partial charge on any atom is -0.504 e. The number of fused-ring (bicyclic) bond motifs is 1. The van der Waals surface area contributed by atoms with E-state index in [-0.39, 0.29) is 27.5 Å². The molecule has 0 bridgehead atoms. The molecule has 3 rings (SSSR count). The molecule has 0 aromatic heterocycles. The van der Waals surface area contributed by atoms with Crippen LogP contribution in [0.25, 0.3) is 10.8 Å². The number of aliphatic carboxylic acids is 1. The van der Waals surface area contributed by atoms with Crippen molar-refractivity contribution in [3.8, 4) is 11.5 Å². The zero-order valence-corrected chi connectivity index (χ0v) is 15.4. The number of ether oxygens (including phenoxy) is 1. The minimum atomic E-state index is -4.23. The first-order valence-corrected chi connectivity index (χ1v) is 9.54. The third-order valence-corrected chi connectivity index (χ3v) is 5.28. The molecule has 11 heteroatoms. The van der Waals surface area contributed by atoms with Crippen LogP contribution in [0.5, 0.6) is 11.5 Å². The number of nitrogens with zero attached hydrogens (tertiary/aromatic N) is 1. The number of anilines is 1. The fraction of sp³-hybridized carbons (Fsp3) is 0.0556. The van der Waals surface area contributed by atoms with Crippen LogP contribution in [0.4, 0.5) is 11.4 Å². The van der Waals surface area contributed by atoms with Crippen molar-refractivity contribution in [3.63, 3.8) is 0 Å². The molecule has 0 saturated heterocycles. The second kappa shape index (κ2) is 7.64. The number of nitro groups is 1. The first-order valence-electron chi connectivity index (χ1n) is 8.05. The third-order valence-electron chi connectivity index (χ3n) is 3.92. The van der Waals surface area contributed by atoms with Gasteiger partial charge in [0.2, 0.25) is 0 Å². The van der Waals surface area contributed by atoms with E-state index in [4.69, 9.17) is 9.84 Å². The smallest absolute Gasteiger partial charge is 0.341 e. The number of rotatable bonds is 7. The molecule has 0 heterocycles. The average molecular weight is 418 g/mol. The van der Waals surface area contributed by atoms with E-state index in [1.54, 1.807) is 18.2 Å². The van der Waals surface area contributed by atoms with Gasteiger partial charge < -0.3 is 14.9 Å². The number of carboxylic acid groups (broad SMARTS) is 1. The maximum atomic E-state index is 12.8. The average Bonchev–Trinajstić information content (AvgIpc) is 2.69. The summed E-state index contributed by atoms with van der Waals surface area (Å²) >= 11 is 0. The molecule has 10 nitrogen and oxygen atoms in total. The number of aromatic hydroxyl groups is 1. The SMILES string of the molecule is O=C(O)COc1cc(NS(=O)(=O)c2cccc([N+](=O)[O-])c2)c2ccccc2c1O. The number of nitro benzene ring substituents is 1. The van der Waals surface area contributed by atoms with Crippen molar-refractivity contribution in [2.75, 3.05) is 11.3 Å². The van der Waals surface area contributed by atoms with Gasteiger partial charge in [0.25, 0.3) is 15.7 Å². The Hall–Kier alpha value is -3.86. The lowest BCUT2D eigenvalue weighted by Gasteiger charge is -2.15. The van der Waals surface area contributed by atoms with Gasteiger partial charge in [-0.15, -0.1) is 0 Å². The highest BCUT2D eigenvalue weighted by atomic mass is 32.2. The summed E-state index contributed by atoms with van der Waals surface area (Å²) in [6, 6.07) is 11.9. The van der Waals surface area contributed by atoms with Crippen LogP contribution in [-0.2, 0) is 14.8 Å². The van der Waals surface area contributed by atoms with Gasteiger partial charge in [0, 0.05) is 29.0 Å². The van der Waals surface area contributed by atoms with Crippen molar-refractivity contribution in [1.29, 1.82) is 0 Å². The summed E-state index contributed by atoms with van der Waals surface area (Å²) in [4.78, 5) is 20.6. The zero-order chi connectivity index (χ0) is 21.2. The van der Waals surface area contributed by atoms with Crippen LogP contribution in [0.1, 0.15) is 0 Å². The van der Waals surface area contributed by atoms with Crippen LogP contribution >= 0.6 is 0 Å². The maximum absolute atomic E-state index is 12.8. The fourth-order valence-electron chi connectivity index (χ4n) is 2.64. The number of hydrogen-bond donors (Lipinski definition) is 3. The Morgan fingerprint density at radius 2 is 1.79 bits per heavy atom. The van der Waals surface area contributed by atoms with Crippen LogP contribution in [0.15, 0.2) is 59.5 Å². The molecule has 3 aromatic rings. The first kappa shape index (κ1) is 19.9. The van der Waals surface area contributed by atoms with E-state index >= 15 is 0 Å². The Bertz CT molecular complexity index is 1220. The lowest BCUT2D eigenvalue weighted by atomic mass is 10.1. The van der Waals surface area contributed by atoms with Crippen LogP contribution in [0.3, 0.4) is 0 Å². The Kier molecular flexibility index (Phi) is 5.24. The van der Waals surface area contributed by atoms with E-state index in [1.165, 1.54) is 18.2 Å². The Morgan fingerprint density at radius 1 is 1.10 bits per heavy atom. The van der Waals surface area contributed by atoms with E-state index in [0.717, 1.165) is 18.2 Å². The number of carboxylic acids is 1. The molecule has 3 aromatic carbocycles. The molecule has 0 aliphatic rings. The van der Waals surface area contributed by atoms with Crippen molar-refractivity contribution >= 4 is 38.1 Å². The molecule has 0 radical (unpaired) electrons. The van der Waals surface area contributed by atoms with E-state index < -0.39 is 33.2 Å². The second-order valence-electron chi connectivity index (χ2n) is 5.86. The standard InChI is InChI=1S/C18H14N2O8S/c21-17(22)10-28-16-9-15(13-6-1-2-7-14(13)18(16)23)19-29(26,27)12-5-3-4-11(8-12)20(24)25/h1-9,19,23H,10H2,(H,21,22). The third kappa shape index (κ3) is 4.19. The molecular formula is C18H14N2O8S. The highest BCUT2D eigenvalue weighted by molar-refractivity contribution is 7.92. The highest BCUT2D eigenvalue weighted by Crippen LogP contribution is 2.40. The van der Waals surface area contributed by atoms with E-state index in [2.05, 4.69) is 4.72 Å². The van der Waals surface area contributed by atoms with Gasteiger partial charge in [-0.25, -0.2) is 13.2 Å². The van der Waals surface area contributed by atoms with Gasteiger partial charge in [0.15, 0.2) is 18.1 Å². The summed E-state index contributed by atoms with van der Waals surface area (Å²) in [6.07, 6.45) is 0. The van der Waals surface area contributed by atoms with Crippen molar-refractivity contribution in [3.05, 3.63) is 64.7 Å². The van der Waals surface area contributed by atoms with Crippen LogP contribution in [-0.4, -0.2) is 36.1 Å². The number of nitrogens with one attached hydrogen (secondary N) is 1. The molecule has 0 saturated carbocycles. The summed E-state index contributed by atoms with van der Waals surface area (Å²) in [6.45, 7) is -0.747. The number of phenolic OH excluding ortho intramolecular Hbond substituents is 1. The van der Waals surface area contributed by atoms with Crippen LogP contribution in [0.2, 0.25) is 0 Å². The number of hydrogen-bond acceptors (Lipinski definition) is 7. The second-order valence-corrected chi connectivity index (χ2v) is 7.54. The molecule has 0 aliphatic heterocycles. The maximum Gasteiger partial charge on any atom is 0.341 e. The van der Waals surface area contributed by atoms with E-state index in [9.17, 15) is 28.4 Å². The van der Waals surface area contributed by atoms with Gasteiger partial charge in [-0.3, -0.25) is 14.8 Å². The fourth-order valence-corrected chi connectivity index (χ4v) is 3.75. The first-order chi connectivity index (χ1) is 13.7. The molecular weight excluding hydrogens is 404 g/mol. The Labute approximate surface area is 164 Å². The Morgan fingerprint density at radius 3 is 2.45 bits per heavy atom. The zero-order valence-electron chi connectivity index (χ0n) is 14.6. The van der Waals surface area contributed by atoms with Crippen molar-refractivity contribution < 1.29 is 33.1 Å². The van der Waals surface area contributed by atoms with Gasteiger partial charge in [-0.05, 0) is 6.07 Å². The number of non-ortho nitro benzene ring substituents is 1. The van der Waals surface area contributed by atoms with Gasteiger partial charge in [-0.1, -0.05) is 30.3 Å². The summed E-state index contributed by atoms with van der Waals surface area (Å²) in [5.41, 5.74) is -0.390. The number of sulfonamides is 1. The van der Waals surface area contributed by atoms with Gasteiger partial charge >= 0.3 is 5.97 Å². The predicted octanol–water partition coefficient (Wildman–Crippen LogP) is 2.72. The molecule has 0 aliphatic carbocycles. The Balaban J connectivity index is 2.09. The van der Waals surface area contributed by atoms with E-state index in [1.807, 2.05) is 0 Å². The molecule has 0 amide bonds. The normalized spacial score (nSPS) is 11.2. The lowest BCUT2D eigenvalue weighted by molar-refractivity contribution is -0.385. The summed E-state index contributed by atoms with van der Waals surface area (Å²) in [5, 5.41) is 30.6. The predicted molar refractivity (Wildman–Crippen MR) is 103 cm³/mol. The molecule has 0 unspecified atom stereocenters. The monoisotopic (exact) mass is 418 g/mol. The molecule has 3 N–H and O–H groups in total. The number of carbonyl (C=O) groups is 1. The quantitative estimate of drug-likeness (QED) is 0.300.